The van der Waals surface area contributed by atoms with E-state index in [9.17, 15) is 0 Å². The number of hydrogen-bond donors (Lipinski definition) is 2. The number of aryl methyl sites for hydroxylation is 1. The molecule has 0 spiro atoms. The van der Waals surface area contributed by atoms with Gasteiger partial charge in [0.05, 0.1) is 12.3 Å². The summed E-state index contributed by atoms with van der Waals surface area (Å²) in [4.78, 5) is 4.28. The van der Waals surface area contributed by atoms with Crippen molar-refractivity contribution in [3.63, 3.8) is 0 Å². The topological polar surface area (TPSA) is 81.9 Å². The summed E-state index contributed by atoms with van der Waals surface area (Å²) in [5.74, 6) is 1.81. The van der Waals surface area contributed by atoms with Gasteiger partial charge >= 0.3 is 0 Å². The highest BCUT2D eigenvalue weighted by Gasteiger charge is 2.32. The van der Waals surface area contributed by atoms with E-state index in [0.717, 1.165) is 12.2 Å². The molecule has 0 amide bonds. The number of furan rings is 1. The van der Waals surface area contributed by atoms with Gasteiger partial charge in [0.2, 0.25) is 11.9 Å². The van der Waals surface area contributed by atoms with Crippen molar-refractivity contribution < 1.29 is 4.42 Å². The van der Waals surface area contributed by atoms with Crippen molar-refractivity contribution in [1.82, 2.24) is 14.8 Å². The molecular formula is C16H17N5O. The van der Waals surface area contributed by atoms with Crippen LogP contribution >= 0.6 is 0 Å². The van der Waals surface area contributed by atoms with Crippen LogP contribution in [0.25, 0.3) is 0 Å². The number of fused-ring (bicyclic) bond motifs is 1. The molecular weight excluding hydrogens is 278 g/mol. The molecule has 6 nitrogen and oxygen atoms in total. The summed E-state index contributed by atoms with van der Waals surface area (Å²) in [6.07, 6.45) is 2.50. The fraction of sp³-hybridized carbons (Fsp3) is 0.250. The number of hydrogen-bond acceptors (Lipinski definition) is 5. The van der Waals surface area contributed by atoms with Crippen LogP contribution in [0.4, 0.5) is 11.9 Å². The lowest BCUT2D eigenvalue weighted by Gasteiger charge is -2.30. The zero-order chi connectivity index (χ0) is 15.1. The van der Waals surface area contributed by atoms with Crippen LogP contribution in [0.2, 0.25) is 0 Å². The number of benzene rings is 1. The highest BCUT2D eigenvalue weighted by molar-refractivity contribution is 5.41. The van der Waals surface area contributed by atoms with Gasteiger partial charge < -0.3 is 15.5 Å². The van der Waals surface area contributed by atoms with Gasteiger partial charge in [0.1, 0.15) is 11.8 Å². The minimum Gasteiger partial charge on any atom is -0.467 e. The Morgan fingerprint density at radius 1 is 1.27 bits per heavy atom. The first-order valence-electron chi connectivity index (χ1n) is 7.29. The molecule has 0 aliphatic carbocycles. The smallest absolute Gasteiger partial charge is 0.241 e. The van der Waals surface area contributed by atoms with E-state index < -0.39 is 0 Å². The zero-order valence-corrected chi connectivity index (χ0v) is 12.2. The number of nitrogens with two attached hydrogens (primary N) is 1. The molecule has 0 saturated heterocycles. The highest BCUT2D eigenvalue weighted by Crippen LogP contribution is 2.38. The molecule has 4 rings (SSSR count). The van der Waals surface area contributed by atoms with Crippen molar-refractivity contribution >= 4 is 11.9 Å². The van der Waals surface area contributed by atoms with E-state index in [1.54, 1.807) is 10.9 Å². The van der Waals surface area contributed by atoms with E-state index in [0.29, 0.717) is 5.95 Å². The Morgan fingerprint density at radius 2 is 2.09 bits per heavy atom. The summed E-state index contributed by atoms with van der Waals surface area (Å²) in [6.45, 7) is 2.08. The van der Waals surface area contributed by atoms with Crippen molar-refractivity contribution in [3.05, 3.63) is 59.5 Å². The van der Waals surface area contributed by atoms with Crippen LogP contribution in [0.15, 0.2) is 47.1 Å². The molecule has 1 aromatic carbocycles. The second-order valence-corrected chi connectivity index (χ2v) is 5.61. The van der Waals surface area contributed by atoms with Gasteiger partial charge in [0.25, 0.3) is 0 Å². The van der Waals surface area contributed by atoms with Gasteiger partial charge in [0.15, 0.2) is 0 Å². The third-order valence-corrected chi connectivity index (χ3v) is 4.06. The van der Waals surface area contributed by atoms with Crippen molar-refractivity contribution in [2.75, 3.05) is 11.1 Å². The molecule has 0 fully saturated rings. The summed E-state index contributed by atoms with van der Waals surface area (Å²) in [5, 5.41) is 7.70. The standard InChI is InChI=1S/C16H17N5O/c1-10-4-6-11(7-5-10)12-9-13(14-3-2-8-22-14)21-16(18-12)19-15(17)20-21/h2-8,12-13H,9H2,1H3,(H3,17,18,19,20)/t12-,13-/m1/s1. The molecule has 3 N–H and O–H groups in total. The van der Waals surface area contributed by atoms with Gasteiger partial charge in [-0.05, 0) is 24.6 Å². The molecule has 3 heterocycles. The van der Waals surface area contributed by atoms with E-state index in [2.05, 4.69) is 46.6 Å². The third kappa shape index (κ3) is 2.13. The first-order chi connectivity index (χ1) is 10.7. The van der Waals surface area contributed by atoms with Crippen molar-refractivity contribution in [1.29, 1.82) is 0 Å². The van der Waals surface area contributed by atoms with Gasteiger partial charge in [-0.15, -0.1) is 5.10 Å². The molecule has 22 heavy (non-hydrogen) atoms. The predicted octanol–water partition coefficient (Wildman–Crippen LogP) is 2.91. The van der Waals surface area contributed by atoms with E-state index in [1.807, 2.05) is 12.1 Å². The van der Waals surface area contributed by atoms with Crippen molar-refractivity contribution in [2.24, 2.45) is 0 Å². The zero-order valence-electron chi connectivity index (χ0n) is 12.2. The molecule has 1 aliphatic heterocycles. The maximum absolute atomic E-state index is 5.76. The number of nitrogens with one attached hydrogen (secondary N) is 1. The Balaban J connectivity index is 1.74. The van der Waals surface area contributed by atoms with Crippen LogP contribution in [0.1, 0.15) is 35.4 Å². The lowest BCUT2D eigenvalue weighted by molar-refractivity contribution is 0.359. The van der Waals surface area contributed by atoms with Gasteiger partial charge in [-0.3, -0.25) is 0 Å². The summed E-state index contributed by atoms with van der Waals surface area (Å²) in [7, 11) is 0. The molecule has 0 saturated carbocycles. The van der Waals surface area contributed by atoms with Gasteiger partial charge in [0, 0.05) is 6.42 Å². The fourth-order valence-corrected chi connectivity index (χ4v) is 2.93. The molecule has 0 radical (unpaired) electrons. The number of nitrogen functional groups attached to an aromatic ring is 1. The average Bonchev–Trinajstić information content (AvgIpc) is 3.15. The lowest BCUT2D eigenvalue weighted by atomic mass is 9.96. The quantitative estimate of drug-likeness (QED) is 0.759. The monoisotopic (exact) mass is 295 g/mol. The summed E-state index contributed by atoms with van der Waals surface area (Å²) in [5.41, 5.74) is 8.23. The Labute approximate surface area is 128 Å². The van der Waals surface area contributed by atoms with E-state index in [1.165, 1.54) is 11.1 Å². The van der Waals surface area contributed by atoms with Crippen molar-refractivity contribution in [2.45, 2.75) is 25.4 Å². The fourth-order valence-electron chi connectivity index (χ4n) is 2.93. The number of aromatic nitrogens is 3. The maximum atomic E-state index is 5.76. The van der Waals surface area contributed by atoms with Crippen LogP contribution < -0.4 is 11.1 Å². The summed E-state index contributed by atoms with van der Waals surface area (Å²) >= 11 is 0. The third-order valence-electron chi connectivity index (χ3n) is 4.06. The normalized spacial score (nSPS) is 20.4. The number of nitrogens with zero attached hydrogens (tertiary/aromatic N) is 3. The molecule has 1 aliphatic rings. The van der Waals surface area contributed by atoms with Crippen LogP contribution in [0, 0.1) is 6.92 Å². The van der Waals surface area contributed by atoms with Crippen LogP contribution in [-0.2, 0) is 0 Å². The molecule has 3 aromatic rings. The first kappa shape index (κ1) is 12.9. The maximum Gasteiger partial charge on any atom is 0.241 e. The van der Waals surface area contributed by atoms with Gasteiger partial charge in [-0.2, -0.15) is 4.98 Å². The largest absolute Gasteiger partial charge is 0.467 e. The van der Waals surface area contributed by atoms with E-state index in [4.69, 9.17) is 10.2 Å². The Bertz CT molecular complexity index is 775. The Morgan fingerprint density at radius 3 is 2.82 bits per heavy atom. The second kappa shape index (κ2) is 4.91. The minimum atomic E-state index is -0.0117. The van der Waals surface area contributed by atoms with Crippen molar-refractivity contribution in [3.8, 4) is 0 Å². The van der Waals surface area contributed by atoms with Crippen LogP contribution in [0.5, 0.6) is 0 Å². The number of anilines is 2. The summed E-state index contributed by atoms with van der Waals surface area (Å²) in [6, 6.07) is 12.5. The predicted molar refractivity (Wildman–Crippen MR) is 83.4 cm³/mol. The Hall–Kier alpha value is -2.76. The molecule has 112 valence electrons. The number of rotatable bonds is 2. The molecule has 0 bridgehead atoms. The molecule has 2 atom stereocenters. The lowest BCUT2D eigenvalue weighted by Crippen LogP contribution is -2.27. The average molecular weight is 295 g/mol. The van der Waals surface area contributed by atoms with E-state index in [-0.39, 0.29) is 18.0 Å². The van der Waals surface area contributed by atoms with E-state index >= 15 is 0 Å². The highest BCUT2D eigenvalue weighted by atomic mass is 16.3. The first-order valence-corrected chi connectivity index (χ1v) is 7.29. The van der Waals surface area contributed by atoms with Gasteiger partial charge in [-0.1, -0.05) is 29.8 Å². The minimum absolute atomic E-state index is 0.0117. The molecule has 6 heteroatoms. The Kier molecular flexibility index (Phi) is 2.89. The van der Waals surface area contributed by atoms with Gasteiger partial charge in [-0.25, -0.2) is 4.68 Å². The molecule has 2 aromatic heterocycles. The second-order valence-electron chi connectivity index (χ2n) is 5.61. The SMILES string of the molecule is Cc1ccc([C@H]2C[C@H](c3ccco3)n3nc(N)nc3N2)cc1. The summed E-state index contributed by atoms with van der Waals surface area (Å²) < 4.78 is 7.39. The van der Waals surface area contributed by atoms with Crippen LogP contribution in [-0.4, -0.2) is 14.8 Å². The molecule has 0 unspecified atom stereocenters. The van der Waals surface area contributed by atoms with Crippen LogP contribution in [0.3, 0.4) is 0 Å².